The number of nitrogens with zero attached hydrogens (tertiary/aromatic N) is 1. The third-order valence-electron chi connectivity index (χ3n) is 3.99. The first-order valence-electron chi connectivity index (χ1n) is 6.70. The molecule has 0 saturated carbocycles. The van der Waals surface area contributed by atoms with Crippen LogP contribution in [0.2, 0.25) is 0 Å². The molecule has 118 valence electrons. The average Bonchev–Trinajstić information content (AvgIpc) is 2.73. The van der Waals surface area contributed by atoms with E-state index in [2.05, 4.69) is 0 Å². The first kappa shape index (κ1) is 16.0. The van der Waals surface area contributed by atoms with Gasteiger partial charge < -0.3 is 15.1 Å². The molecule has 2 rings (SSSR count). The molecule has 8 heteroatoms. The van der Waals surface area contributed by atoms with E-state index in [1.54, 1.807) is 4.90 Å². The summed E-state index contributed by atoms with van der Waals surface area (Å²) in [7, 11) is -3.89. The number of carbonyl (C=O) groups excluding carboxylic acids is 1. The van der Waals surface area contributed by atoms with E-state index in [-0.39, 0.29) is 33.8 Å². The van der Waals surface area contributed by atoms with Crippen LogP contribution in [0.3, 0.4) is 0 Å². The highest BCUT2D eigenvalue weighted by Crippen LogP contribution is 2.29. The first-order valence-corrected chi connectivity index (χ1v) is 8.25. The summed E-state index contributed by atoms with van der Waals surface area (Å²) in [6, 6.07) is 1.22. The van der Waals surface area contributed by atoms with Crippen LogP contribution in [0.5, 0.6) is 0 Å². The van der Waals surface area contributed by atoms with Crippen LogP contribution in [-0.2, 0) is 10.0 Å². The van der Waals surface area contributed by atoms with Crippen molar-refractivity contribution in [3.8, 4) is 0 Å². The van der Waals surface area contributed by atoms with Gasteiger partial charge in [-0.2, -0.15) is 0 Å². The van der Waals surface area contributed by atoms with Crippen LogP contribution < -0.4 is 10.9 Å². The van der Waals surface area contributed by atoms with Crippen molar-refractivity contribution in [1.82, 2.24) is 4.90 Å². The normalized spacial score (nSPS) is 22.3. The minimum atomic E-state index is -3.89. The molecule has 0 aromatic carbocycles. The van der Waals surface area contributed by atoms with Crippen LogP contribution in [0, 0.1) is 12.3 Å². The van der Waals surface area contributed by atoms with E-state index in [0.717, 1.165) is 0 Å². The van der Waals surface area contributed by atoms with Gasteiger partial charge in [0.1, 0.15) is 10.7 Å². The summed E-state index contributed by atoms with van der Waals surface area (Å²) in [5.74, 6) is -0.232. The van der Waals surface area contributed by atoms with Crippen LogP contribution in [0.1, 0.15) is 36.6 Å². The number of hydrogen-bond donors (Lipinski definition) is 2. The summed E-state index contributed by atoms with van der Waals surface area (Å²) in [4.78, 5) is 13.9. The Morgan fingerprint density at radius 1 is 1.48 bits per heavy atom. The fourth-order valence-corrected chi connectivity index (χ4v) is 3.27. The first-order chi connectivity index (χ1) is 9.52. The van der Waals surface area contributed by atoms with Gasteiger partial charge in [0.25, 0.3) is 5.91 Å². The molecule has 1 unspecified atom stereocenters. The van der Waals surface area contributed by atoms with Crippen LogP contribution in [0.25, 0.3) is 0 Å². The van der Waals surface area contributed by atoms with Gasteiger partial charge in [-0.1, -0.05) is 13.8 Å². The molecule has 1 aromatic heterocycles. The molecule has 0 spiro atoms. The van der Waals surface area contributed by atoms with Gasteiger partial charge in [0.15, 0.2) is 5.76 Å². The second-order valence-corrected chi connectivity index (χ2v) is 7.72. The molecule has 1 fully saturated rings. The Kier molecular flexibility index (Phi) is 3.90. The van der Waals surface area contributed by atoms with Gasteiger partial charge in [-0.05, 0) is 18.8 Å². The second kappa shape index (κ2) is 5.11. The Balaban J connectivity index is 2.26. The SMILES string of the molecule is Cc1oc(C(=O)N2CCC(N)C(C)(C)C2)cc1S(N)(=O)=O. The lowest BCUT2D eigenvalue weighted by Crippen LogP contribution is -2.53. The number of primary sulfonamides is 1. The fraction of sp³-hybridized carbons (Fsp3) is 0.615. The molecular formula is C13H21N3O4S. The number of likely N-dealkylation sites (tertiary alicyclic amines) is 1. The largest absolute Gasteiger partial charge is 0.455 e. The number of furan rings is 1. The van der Waals surface area contributed by atoms with Crippen LogP contribution in [0.15, 0.2) is 15.4 Å². The highest BCUT2D eigenvalue weighted by Gasteiger charge is 2.36. The average molecular weight is 315 g/mol. The third kappa shape index (κ3) is 3.12. The zero-order valence-electron chi connectivity index (χ0n) is 12.4. The van der Waals surface area contributed by atoms with Crippen LogP contribution in [0.4, 0.5) is 0 Å². The molecule has 4 N–H and O–H groups in total. The fourth-order valence-electron chi connectivity index (χ4n) is 2.56. The molecule has 21 heavy (non-hydrogen) atoms. The molecule has 0 bridgehead atoms. The van der Waals surface area contributed by atoms with E-state index in [1.165, 1.54) is 13.0 Å². The summed E-state index contributed by atoms with van der Waals surface area (Å²) in [5, 5.41) is 5.08. The Morgan fingerprint density at radius 3 is 2.57 bits per heavy atom. The Bertz CT molecular complexity index is 663. The van der Waals surface area contributed by atoms with Gasteiger partial charge in [-0.25, -0.2) is 13.6 Å². The molecule has 1 aromatic rings. The van der Waals surface area contributed by atoms with Crippen molar-refractivity contribution >= 4 is 15.9 Å². The maximum absolute atomic E-state index is 12.4. The van der Waals surface area contributed by atoms with E-state index < -0.39 is 10.0 Å². The van der Waals surface area contributed by atoms with E-state index in [1.807, 2.05) is 13.8 Å². The maximum Gasteiger partial charge on any atom is 0.289 e. The van der Waals surface area contributed by atoms with Gasteiger partial charge in [-0.3, -0.25) is 4.79 Å². The molecule has 1 amide bonds. The summed E-state index contributed by atoms with van der Waals surface area (Å²) in [6.07, 6.45) is 0.695. The quantitative estimate of drug-likeness (QED) is 0.820. The summed E-state index contributed by atoms with van der Waals surface area (Å²) in [5.41, 5.74) is 5.85. The Morgan fingerprint density at radius 2 is 2.10 bits per heavy atom. The molecule has 0 radical (unpaired) electrons. The molecule has 1 atom stereocenters. The Labute approximate surface area is 124 Å². The van der Waals surface area contributed by atoms with Crippen LogP contribution >= 0.6 is 0 Å². The topological polar surface area (TPSA) is 120 Å². The van der Waals surface area contributed by atoms with Crippen LogP contribution in [-0.4, -0.2) is 38.4 Å². The summed E-state index contributed by atoms with van der Waals surface area (Å²) in [6.45, 7) is 6.48. The van der Waals surface area contributed by atoms with Crippen molar-refractivity contribution < 1.29 is 17.6 Å². The predicted molar refractivity (Wildman–Crippen MR) is 77.1 cm³/mol. The van der Waals surface area contributed by atoms with E-state index >= 15 is 0 Å². The molecule has 1 aliphatic rings. The number of rotatable bonds is 2. The van der Waals surface area contributed by atoms with Gasteiger partial charge in [-0.15, -0.1) is 0 Å². The lowest BCUT2D eigenvalue weighted by Gasteiger charge is -2.42. The van der Waals surface area contributed by atoms with Crippen molar-refractivity contribution in [2.45, 2.75) is 38.1 Å². The maximum atomic E-state index is 12.4. The van der Waals surface area contributed by atoms with Crippen molar-refractivity contribution in [2.24, 2.45) is 16.3 Å². The number of hydrogen-bond acceptors (Lipinski definition) is 5. The van der Waals surface area contributed by atoms with Gasteiger partial charge >= 0.3 is 0 Å². The molecule has 2 heterocycles. The highest BCUT2D eigenvalue weighted by atomic mass is 32.2. The van der Waals surface area contributed by atoms with E-state index in [9.17, 15) is 13.2 Å². The summed E-state index contributed by atoms with van der Waals surface area (Å²) >= 11 is 0. The second-order valence-electron chi connectivity index (χ2n) is 6.19. The molecule has 0 aliphatic carbocycles. The van der Waals surface area contributed by atoms with Crippen molar-refractivity contribution in [1.29, 1.82) is 0 Å². The number of amides is 1. The zero-order chi connectivity index (χ0) is 16.0. The molecule has 1 saturated heterocycles. The smallest absolute Gasteiger partial charge is 0.289 e. The van der Waals surface area contributed by atoms with Gasteiger partial charge in [0, 0.05) is 25.2 Å². The van der Waals surface area contributed by atoms with E-state index in [0.29, 0.717) is 19.5 Å². The number of piperidine rings is 1. The lowest BCUT2D eigenvalue weighted by molar-refractivity contribution is 0.0502. The van der Waals surface area contributed by atoms with Gasteiger partial charge in [0.2, 0.25) is 10.0 Å². The molecule has 1 aliphatic heterocycles. The van der Waals surface area contributed by atoms with Crippen molar-refractivity contribution in [3.63, 3.8) is 0 Å². The minimum absolute atomic E-state index is 0.0113. The monoisotopic (exact) mass is 315 g/mol. The zero-order valence-corrected chi connectivity index (χ0v) is 13.2. The number of nitrogens with two attached hydrogens (primary N) is 2. The summed E-state index contributed by atoms with van der Waals surface area (Å²) < 4.78 is 28.0. The minimum Gasteiger partial charge on any atom is -0.455 e. The predicted octanol–water partition coefficient (Wildman–Crippen LogP) is 0.435. The third-order valence-corrected chi connectivity index (χ3v) is 5.01. The van der Waals surface area contributed by atoms with Gasteiger partial charge in [0.05, 0.1) is 0 Å². The molecule has 7 nitrogen and oxygen atoms in total. The number of carbonyl (C=O) groups is 1. The molecular weight excluding hydrogens is 294 g/mol. The Hall–Kier alpha value is -1.38. The van der Waals surface area contributed by atoms with Crippen molar-refractivity contribution in [2.75, 3.05) is 13.1 Å². The number of aryl methyl sites for hydroxylation is 1. The standard InChI is InChI=1S/C13H21N3O4S/c1-8-10(21(15,18)19)6-9(20-8)12(17)16-5-4-11(14)13(2,3)7-16/h6,11H,4-5,7,14H2,1-3H3,(H2,15,18,19). The highest BCUT2D eigenvalue weighted by molar-refractivity contribution is 7.89. The lowest BCUT2D eigenvalue weighted by atomic mass is 9.79. The van der Waals surface area contributed by atoms with E-state index in [4.69, 9.17) is 15.3 Å². The number of sulfonamides is 1. The van der Waals surface area contributed by atoms with Crippen molar-refractivity contribution in [3.05, 3.63) is 17.6 Å².